The maximum atomic E-state index is 12.0. The Morgan fingerprint density at radius 1 is 1.22 bits per heavy atom. The van der Waals surface area contributed by atoms with Crippen molar-refractivity contribution in [2.75, 3.05) is 5.32 Å². The third kappa shape index (κ3) is 2.61. The second kappa shape index (κ2) is 6.12. The van der Waals surface area contributed by atoms with Gasteiger partial charge >= 0.3 is 0 Å². The standard InChI is InChI=1S/C18H16BrN7O/c19-11-6-23-18-15(25-17(26-18)10-4-21-7-22-5-10)14(11)24-13-9-2-1-8(3-9)12(13)16(20)27/h1-2,4-9,12-13H,3H2,(H2,20,27)(H2,23,24,25,26)/t8-,9+,12+,13-/m1/s1. The molecule has 1 saturated carbocycles. The van der Waals surface area contributed by atoms with Gasteiger partial charge in [0.05, 0.1) is 21.6 Å². The SMILES string of the molecule is NC(=O)[C@@H]1[C@H](Nc2c(Br)cnc3nc(-c4cncnc4)[nH]c23)[C@H]2C=C[C@@H]1C2. The number of amides is 1. The summed E-state index contributed by atoms with van der Waals surface area (Å²) in [6.07, 6.45) is 11.8. The molecule has 0 radical (unpaired) electrons. The number of aromatic nitrogens is 5. The normalized spacial score (nSPS) is 26.0. The number of allylic oxidation sites excluding steroid dienone is 1. The number of hydrogen-bond donors (Lipinski definition) is 3. The molecule has 4 N–H and O–H groups in total. The van der Waals surface area contributed by atoms with E-state index in [-0.39, 0.29) is 29.7 Å². The lowest BCUT2D eigenvalue weighted by molar-refractivity contribution is -0.122. The lowest BCUT2D eigenvalue weighted by Gasteiger charge is -2.28. The van der Waals surface area contributed by atoms with Crippen molar-refractivity contribution in [2.45, 2.75) is 12.5 Å². The Balaban J connectivity index is 1.57. The third-order valence-electron chi connectivity index (χ3n) is 5.41. The number of fused-ring (bicyclic) bond motifs is 3. The third-order valence-corrected chi connectivity index (χ3v) is 6.01. The highest BCUT2D eigenvalue weighted by atomic mass is 79.9. The van der Waals surface area contributed by atoms with Crippen LogP contribution in [0.5, 0.6) is 0 Å². The van der Waals surface area contributed by atoms with Crippen LogP contribution in [0.2, 0.25) is 0 Å². The monoisotopic (exact) mass is 425 g/mol. The molecule has 8 nitrogen and oxygen atoms in total. The minimum Gasteiger partial charge on any atom is -0.378 e. The molecule has 0 saturated heterocycles. The molecule has 4 atom stereocenters. The summed E-state index contributed by atoms with van der Waals surface area (Å²) >= 11 is 3.57. The van der Waals surface area contributed by atoms with Gasteiger partial charge < -0.3 is 16.0 Å². The zero-order valence-corrected chi connectivity index (χ0v) is 15.7. The van der Waals surface area contributed by atoms with Gasteiger partial charge in [-0.15, -0.1) is 0 Å². The van der Waals surface area contributed by atoms with Crippen LogP contribution in [-0.2, 0) is 4.79 Å². The van der Waals surface area contributed by atoms with E-state index < -0.39 is 0 Å². The Morgan fingerprint density at radius 2 is 2.00 bits per heavy atom. The molecule has 136 valence electrons. The number of nitrogens with two attached hydrogens (primary N) is 1. The number of nitrogens with zero attached hydrogens (tertiary/aromatic N) is 4. The van der Waals surface area contributed by atoms with Crippen LogP contribution in [-0.4, -0.2) is 36.9 Å². The highest BCUT2D eigenvalue weighted by molar-refractivity contribution is 9.10. The summed E-state index contributed by atoms with van der Waals surface area (Å²) in [5.41, 5.74) is 8.63. The van der Waals surface area contributed by atoms with E-state index in [0.717, 1.165) is 27.7 Å². The molecule has 1 amide bonds. The minimum absolute atomic E-state index is 0.0498. The second-order valence-electron chi connectivity index (χ2n) is 6.94. The number of aromatic amines is 1. The Bertz CT molecular complexity index is 1060. The number of carbonyl (C=O) groups is 1. The van der Waals surface area contributed by atoms with Gasteiger partial charge in [-0.1, -0.05) is 12.2 Å². The zero-order chi connectivity index (χ0) is 18.5. The summed E-state index contributed by atoms with van der Waals surface area (Å²) in [4.78, 5) is 32.3. The number of primary amides is 1. The molecule has 0 spiro atoms. The van der Waals surface area contributed by atoms with Crippen molar-refractivity contribution in [3.63, 3.8) is 0 Å². The minimum atomic E-state index is -0.266. The second-order valence-corrected chi connectivity index (χ2v) is 7.79. The molecule has 5 rings (SSSR count). The van der Waals surface area contributed by atoms with Crippen molar-refractivity contribution in [3.8, 4) is 11.4 Å². The molecule has 1 fully saturated rings. The summed E-state index contributed by atoms with van der Waals surface area (Å²) in [7, 11) is 0. The molecule has 0 aliphatic heterocycles. The quantitative estimate of drug-likeness (QED) is 0.550. The predicted octanol–water partition coefficient (Wildman–Crippen LogP) is 2.27. The maximum absolute atomic E-state index is 12.0. The molecular weight excluding hydrogens is 410 g/mol. The number of halogens is 1. The first-order valence-corrected chi connectivity index (χ1v) is 9.45. The van der Waals surface area contributed by atoms with Crippen molar-refractivity contribution >= 4 is 38.7 Å². The van der Waals surface area contributed by atoms with Crippen LogP contribution in [0.15, 0.2) is 41.5 Å². The van der Waals surface area contributed by atoms with Crippen molar-refractivity contribution in [1.29, 1.82) is 0 Å². The lowest BCUT2D eigenvalue weighted by atomic mass is 9.88. The van der Waals surface area contributed by atoms with Gasteiger partial charge in [0, 0.05) is 24.6 Å². The number of pyridine rings is 1. The van der Waals surface area contributed by atoms with Crippen LogP contribution >= 0.6 is 15.9 Å². The summed E-state index contributed by atoms with van der Waals surface area (Å²) in [5.74, 6) is 0.642. The molecular formula is C18H16BrN7O. The van der Waals surface area contributed by atoms with E-state index in [0.29, 0.717) is 11.5 Å². The molecule has 0 aromatic carbocycles. The van der Waals surface area contributed by atoms with Crippen LogP contribution < -0.4 is 11.1 Å². The topological polar surface area (TPSA) is 122 Å². The summed E-state index contributed by atoms with van der Waals surface area (Å²) in [5, 5.41) is 3.54. The number of nitrogens with one attached hydrogen (secondary N) is 2. The first kappa shape index (κ1) is 16.4. The van der Waals surface area contributed by atoms with Gasteiger partial charge in [-0.3, -0.25) is 4.79 Å². The maximum Gasteiger partial charge on any atom is 0.223 e. The van der Waals surface area contributed by atoms with Crippen molar-refractivity contribution in [3.05, 3.63) is 41.5 Å². The van der Waals surface area contributed by atoms with Crippen LogP contribution in [0.1, 0.15) is 6.42 Å². The van der Waals surface area contributed by atoms with E-state index in [9.17, 15) is 4.79 Å². The fraction of sp³-hybridized carbons (Fsp3) is 0.278. The zero-order valence-electron chi connectivity index (χ0n) is 14.1. The first-order valence-electron chi connectivity index (χ1n) is 8.65. The van der Waals surface area contributed by atoms with Crippen molar-refractivity contribution < 1.29 is 4.79 Å². The average molecular weight is 426 g/mol. The van der Waals surface area contributed by atoms with Crippen molar-refractivity contribution in [1.82, 2.24) is 24.9 Å². The van der Waals surface area contributed by atoms with Crippen LogP contribution in [0.3, 0.4) is 0 Å². The lowest BCUT2D eigenvalue weighted by Crippen LogP contribution is -2.41. The molecule has 2 aliphatic carbocycles. The van der Waals surface area contributed by atoms with Crippen LogP contribution in [0.25, 0.3) is 22.6 Å². The summed E-state index contributed by atoms with van der Waals surface area (Å²) in [6, 6.07) is -0.0498. The van der Waals surface area contributed by atoms with Crippen LogP contribution in [0, 0.1) is 17.8 Å². The fourth-order valence-electron chi connectivity index (χ4n) is 4.21. The van der Waals surface area contributed by atoms with Gasteiger partial charge in [-0.05, 0) is 34.2 Å². The van der Waals surface area contributed by atoms with E-state index in [4.69, 9.17) is 5.73 Å². The van der Waals surface area contributed by atoms with Gasteiger partial charge in [0.15, 0.2) is 5.65 Å². The largest absolute Gasteiger partial charge is 0.378 e. The average Bonchev–Trinajstić information content (AvgIpc) is 3.38. The van der Waals surface area contributed by atoms with Gasteiger partial charge in [0.25, 0.3) is 0 Å². The van der Waals surface area contributed by atoms with E-state index in [1.807, 2.05) is 0 Å². The van der Waals surface area contributed by atoms with E-state index in [2.05, 4.69) is 58.3 Å². The van der Waals surface area contributed by atoms with E-state index >= 15 is 0 Å². The summed E-state index contributed by atoms with van der Waals surface area (Å²) < 4.78 is 0.796. The number of carbonyl (C=O) groups excluding carboxylic acids is 1. The smallest absolute Gasteiger partial charge is 0.223 e. The number of H-pyrrole nitrogens is 1. The molecule has 2 aliphatic rings. The van der Waals surface area contributed by atoms with Crippen molar-refractivity contribution in [2.24, 2.45) is 23.5 Å². The predicted molar refractivity (Wildman–Crippen MR) is 103 cm³/mol. The number of imidazole rings is 1. The Hall–Kier alpha value is -2.81. The molecule has 27 heavy (non-hydrogen) atoms. The first-order chi connectivity index (χ1) is 13.1. The van der Waals surface area contributed by atoms with Crippen LogP contribution in [0.4, 0.5) is 5.69 Å². The number of hydrogen-bond acceptors (Lipinski definition) is 6. The fourth-order valence-corrected chi connectivity index (χ4v) is 4.62. The van der Waals surface area contributed by atoms with E-state index in [1.165, 1.54) is 6.33 Å². The molecule has 3 heterocycles. The van der Waals surface area contributed by atoms with Gasteiger partial charge in [-0.25, -0.2) is 19.9 Å². The van der Waals surface area contributed by atoms with Gasteiger partial charge in [0.2, 0.25) is 5.91 Å². The Morgan fingerprint density at radius 3 is 2.78 bits per heavy atom. The molecule has 0 unspecified atom stereocenters. The highest BCUT2D eigenvalue weighted by Gasteiger charge is 2.47. The number of anilines is 1. The van der Waals surface area contributed by atoms with E-state index in [1.54, 1.807) is 18.6 Å². The highest BCUT2D eigenvalue weighted by Crippen LogP contribution is 2.46. The number of rotatable bonds is 4. The molecule has 3 aromatic rings. The Kier molecular flexibility index (Phi) is 3.71. The summed E-state index contributed by atoms with van der Waals surface area (Å²) in [6.45, 7) is 0. The Labute approximate surface area is 162 Å². The molecule has 2 bridgehead atoms. The van der Waals surface area contributed by atoms with Gasteiger partial charge in [0.1, 0.15) is 17.7 Å². The molecule has 3 aromatic heterocycles. The molecule has 9 heteroatoms. The van der Waals surface area contributed by atoms with Gasteiger partial charge in [-0.2, -0.15) is 0 Å².